The van der Waals surface area contributed by atoms with Crippen LogP contribution in [0.1, 0.15) is 15.9 Å². The summed E-state index contributed by atoms with van der Waals surface area (Å²) >= 11 is 0. The van der Waals surface area contributed by atoms with Crippen LogP contribution in [0.4, 0.5) is 10.1 Å². The third-order valence-electron chi connectivity index (χ3n) is 4.61. The van der Waals surface area contributed by atoms with Gasteiger partial charge in [0.2, 0.25) is 5.91 Å². The number of hydrogen-bond acceptors (Lipinski definition) is 3. The van der Waals surface area contributed by atoms with Crippen LogP contribution in [-0.4, -0.2) is 49.4 Å². The lowest BCUT2D eigenvalue weighted by Crippen LogP contribution is -2.51. The van der Waals surface area contributed by atoms with Gasteiger partial charge in [-0.25, -0.2) is 4.39 Å². The molecule has 0 aliphatic carbocycles. The van der Waals surface area contributed by atoms with Crippen molar-refractivity contribution in [3.8, 4) is 0 Å². The minimum atomic E-state index is -0.593. The molecule has 3 rings (SSSR count). The van der Waals surface area contributed by atoms with Gasteiger partial charge in [-0.05, 0) is 30.7 Å². The molecule has 2 amide bonds. The minimum absolute atomic E-state index is 0.0512. The first-order valence-corrected chi connectivity index (χ1v) is 8.67. The SMILES string of the molecule is Cc1ccccc1N1CCN(C(=O)CNC(=O)c2ccccc2F)CC1. The highest BCUT2D eigenvalue weighted by Gasteiger charge is 2.22. The molecule has 0 spiro atoms. The molecule has 1 fully saturated rings. The maximum Gasteiger partial charge on any atom is 0.254 e. The zero-order chi connectivity index (χ0) is 18.5. The number of carbonyl (C=O) groups is 2. The van der Waals surface area contributed by atoms with E-state index in [0.29, 0.717) is 13.1 Å². The topological polar surface area (TPSA) is 52.6 Å². The van der Waals surface area contributed by atoms with Crippen LogP contribution >= 0.6 is 0 Å². The van der Waals surface area contributed by atoms with E-state index in [0.717, 1.165) is 13.1 Å². The Morgan fingerprint density at radius 1 is 1.00 bits per heavy atom. The Kier molecular flexibility index (Phi) is 5.51. The zero-order valence-electron chi connectivity index (χ0n) is 14.7. The number of halogens is 1. The summed E-state index contributed by atoms with van der Waals surface area (Å²) < 4.78 is 13.6. The van der Waals surface area contributed by atoms with Gasteiger partial charge in [-0.1, -0.05) is 30.3 Å². The van der Waals surface area contributed by atoms with Crippen molar-refractivity contribution in [3.63, 3.8) is 0 Å². The molecule has 6 heteroatoms. The molecule has 2 aromatic rings. The Morgan fingerprint density at radius 2 is 1.65 bits per heavy atom. The smallest absolute Gasteiger partial charge is 0.254 e. The van der Waals surface area contributed by atoms with E-state index in [9.17, 15) is 14.0 Å². The molecule has 1 heterocycles. The molecule has 0 aromatic heterocycles. The maximum absolute atomic E-state index is 13.6. The number of nitrogens with zero attached hydrogens (tertiary/aromatic N) is 2. The van der Waals surface area contributed by atoms with E-state index in [4.69, 9.17) is 0 Å². The van der Waals surface area contributed by atoms with Gasteiger partial charge in [-0.3, -0.25) is 9.59 Å². The molecule has 5 nitrogen and oxygen atoms in total. The van der Waals surface area contributed by atoms with Gasteiger partial charge >= 0.3 is 0 Å². The van der Waals surface area contributed by atoms with Crippen molar-refractivity contribution in [2.45, 2.75) is 6.92 Å². The summed E-state index contributed by atoms with van der Waals surface area (Å²) in [6.45, 7) is 4.64. The summed E-state index contributed by atoms with van der Waals surface area (Å²) in [6.07, 6.45) is 0. The average Bonchev–Trinajstić information content (AvgIpc) is 2.67. The molecule has 1 N–H and O–H groups in total. The number of piperazine rings is 1. The molecular weight excluding hydrogens is 333 g/mol. The highest BCUT2D eigenvalue weighted by molar-refractivity contribution is 5.96. The quantitative estimate of drug-likeness (QED) is 0.915. The molecule has 2 aromatic carbocycles. The molecule has 0 saturated carbocycles. The highest BCUT2D eigenvalue weighted by atomic mass is 19.1. The Balaban J connectivity index is 1.50. The van der Waals surface area contributed by atoms with Gasteiger partial charge in [0.1, 0.15) is 5.82 Å². The van der Waals surface area contributed by atoms with Crippen LogP contribution in [0.5, 0.6) is 0 Å². The molecule has 136 valence electrons. The Bertz CT molecular complexity index is 801. The molecule has 0 bridgehead atoms. The van der Waals surface area contributed by atoms with Crippen molar-refractivity contribution in [2.75, 3.05) is 37.6 Å². The zero-order valence-corrected chi connectivity index (χ0v) is 14.7. The summed E-state index contributed by atoms with van der Waals surface area (Å²) in [5, 5.41) is 2.51. The van der Waals surface area contributed by atoms with E-state index < -0.39 is 11.7 Å². The number of carbonyl (C=O) groups excluding carboxylic acids is 2. The highest BCUT2D eigenvalue weighted by Crippen LogP contribution is 2.20. The fraction of sp³-hybridized carbons (Fsp3) is 0.300. The van der Waals surface area contributed by atoms with Crippen molar-refractivity contribution in [1.82, 2.24) is 10.2 Å². The number of rotatable bonds is 4. The third kappa shape index (κ3) is 4.02. The Labute approximate surface area is 152 Å². The van der Waals surface area contributed by atoms with E-state index >= 15 is 0 Å². The number of hydrogen-bond donors (Lipinski definition) is 1. The molecular formula is C20H22FN3O2. The van der Waals surface area contributed by atoms with Crippen LogP contribution in [0.25, 0.3) is 0 Å². The number of para-hydroxylation sites is 1. The molecule has 1 aliphatic rings. The Morgan fingerprint density at radius 3 is 2.35 bits per heavy atom. The van der Waals surface area contributed by atoms with Gasteiger partial charge in [0.05, 0.1) is 12.1 Å². The molecule has 1 saturated heterocycles. The van der Waals surface area contributed by atoms with E-state index in [1.54, 1.807) is 11.0 Å². The Hall–Kier alpha value is -2.89. The number of amides is 2. The van der Waals surface area contributed by atoms with E-state index in [1.165, 1.54) is 29.4 Å². The molecule has 0 atom stereocenters. The predicted molar refractivity (Wildman–Crippen MR) is 98.7 cm³/mol. The fourth-order valence-corrected chi connectivity index (χ4v) is 3.12. The maximum atomic E-state index is 13.6. The lowest BCUT2D eigenvalue weighted by Gasteiger charge is -2.36. The van der Waals surface area contributed by atoms with Crippen LogP contribution in [0.15, 0.2) is 48.5 Å². The monoisotopic (exact) mass is 355 g/mol. The van der Waals surface area contributed by atoms with Gasteiger partial charge in [-0.15, -0.1) is 0 Å². The standard InChI is InChI=1S/C20H22FN3O2/c1-15-6-2-5-9-18(15)23-10-12-24(13-11-23)19(25)14-22-20(26)16-7-3-4-8-17(16)21/h2-9H,10-14H2,1H3,(H,22,26). The normalized spacial score (nSPS) is 14.2. The summed E-state index contributed by atoms with van der Waals surface area (Å²) in [6, 6.07) is 13.9. The van der Waals surface area contributed by atoms with Crippen LogP contribution in [0.2, 0.25) is 0 Å². The van der Waals surface area contributed by atoms with E-state index in [1.807, 2.05) is 12.1 Å². The lowest BCUT2D eigenvalue weighted by atomic mass is 10.1. The first kappa shape index (κ1) is 17.9. The van der Waals surface area contributed by atoms with Gasteiger partial charge in [0.15, 0.2) is 0 Å². The van der Waals surface area contributed by atoms with Gasteiger partial charge in [0.25, 0.3) is 5.91 Å². The predicted octanol–water partition coefficient (Wildman–Crippen LogP) is 2.21. The third-order valence-corrected chi connectivity index (χ3v) is 4.61. The molecule has 26 heavy (non-hydrogen) atoms. The second kappa shape index (κ2) is 7.99. The van der Waals surface area contributed by atoms with Crippen LogP contribution in [-0.2, 0) is 4.79 Å². The van der Waals surface area contributed by atoms with Crippen LogP contribution in [0.3, 0.4) is 0 Å². The first-order valence-electron chi connectivity index (χ1n) is 8.67. The largest absolute Gasteiger partial charge is 0.368 e. The fourth-order valence-electron chi connectivity index (χ4n) is 3.12. The van der Waals surface area contributed by atoms with Crippen molar-refractivity contribution >= 4 is 17.5 Å². The van der Waals surface area contributed by atoms with Crippen molar-refractivity contribution < 1.29 is 14.0 Å². The van der Waals surface area contributed by atoms with Crippen molar-refractivity contribution in [3.05, 3.63) is 65.5 Å². The number of benzene rings is 2. The van der Waals surface area contributed by atoms with Crippen LogP contribution < -0.4 is 10.2 Å². The number of nitrogens with one attached hydrogen (secondary N) is 1. The summed E-state index contributed by atoms with van der Waals surface area (Å²) in [4.78, 5) is 28.3. The number of aryl methyl sites for hydroxylation is 1. The van der Waals surface area contributed by atoms with Crippen molar-refractivity contribution in [1.29, 1.82) is 0 Å². The van der Waals surface area contributed by atoms with Gasteiger partial charge < -0.3 is 15.1 Å². The van der Waals surface area contributed by atoms with Gasteiger partial charge in [0, 0.05) is 31.9 Å². The second-order valence-electron chi connectivity index (χ2n) is 6.32. The second-order valence-corrected chi connectivity index (χ2v) is 6.32. The molecule has 0 unspecified atom stereocenters. The molecule has 1 aliphatic heterocycles. The van der Waals surface area contributed by atoms with Gasteiger partial charge in [-0.2, -0.15) is 0 Å². The number of anilines is 1. The minimum Gasteiger partial charge on any atom is -0.368 e. The summed E-state index contributed by atoms with van der Waals surface area (Å²) in [5.74, 6) is -1.32. The lowest BCUT2D eigenvalue weighted by molar-refractivity contribution is -0.130. The van der Waals surface area contributed by atoms with E-state index in [2.05, 4.69) is 29.3 Å². The summed E-state index contributed by atoms with van der Waals surface area (Å²) in [7, 11) is 0. The summed E-state index contributed by atoms with van der Waals surface area (Å²) in [5.41, 5.74) is 2.35. The average molecular weight is 355 g/mol. The van der Waals surface area contributed by atoms with E-state index in [-0.39, 0.29) is 18.0 Å². The van der Waals surface area contributed by atoms with Crippen LogP contribution in [0, 0.1) is 12.7 Å². The van der Waals surface area contributed by atoms with Crippen molar-refractivity contribution in [2.24, 2.45) is 0 Å². The first-order chi connectivity index (χ1) is 12.6. The molecule has 0 radical (unpaired) electrons.